The van der Waals surface area contributed by atoms with E-state index >= 15 is 0 Å². The van der Waals surface area contributed by atoms with Crippen molar-refractivity contribution in [3.05, 3.63) is 178 Å². The summed E-state index contributed by atoms with van der Waals surface area (Å²) >= 11 is 0. The SMILES string of the molecule is O=c1c2c3c(c4nc5c(-c6ccccc6)cc(-c6ccccc6)c(-c6ccccc6)c5n14)=CC=CC3C(c1ccccc1)C=C2. The van der Waals surface area contributed by atoms with Crippen LogP contribution in [0, 0.1) is 0 Å². The Morgan fingerprint density at radius 1 is 0.622 bits per heavy atom. The molecule has 212 valence electrons. The second-order valence-corrected chi connectivity index (χ2v) is 11.8. The van der Waals surface area contributed by atoms with Crippen LogP contribution in [0.4, 0.5) is 0 Å². The summed E-state index contributed by atoms with van der Waals surface area (Å²) in [4.78, 5) is 20.2. The van der Waals surface area contributed by atoms with Crippen molar-refractivity contribution in [3.63, 3.8) is 0 Å². The van der Waals surface area contributed by atoms with Crippen LogP contribution in [0.25, 0.3) is 62.2 Å². The van der Waals surface area contributed by atoms with Gasteiger partial charge in [0.25, 0.3) is 5.56 Å². The summed E-state index contributed by atoms with van der Waals surface area (Å²) in [6.07, 6.45) is 10.8. The summed E-state index contributed by atoms with van der Waals surface area (Å²) in [5, 5.41) is 1.03. The second-order valence-electron chi connectivity index (χ2n) is 11.8. The third-order valence-electron chi connectivity index (χ3n) is 9.37. The highest BCUT2D eigenvalue weighted by atomic mass is 16.1. The fraction of sp³-hybridized carbons (Fsp3) is 0.0476. The zero-order valence-corrected chi connectivity index (χ0v) is 24.5. The topological polar surface area (TPSA) is 34.4 Å². The van der Waals surface area contributed by atoms with Gasteiger partial charge in [0.1, 0.15) is 5.65 Å². The van der Waals surface area contributed by atoms with Crippen LogP contribution in [0.15, 0.2) is 150 Å². The molecule has 2 aromatic heterocycles. The summed E-state index contributed by atoms with van der Waals surface area (Å²) in [7, 11) is 0. The van der Waals surface area contributed by atoms with Crippen molar-refractivity contribution >= 4 is 28.8 Å². The maximum absolute atomic E-state index is 14.8. The van der Waals surface area contributed by atoms with Gasteiger partial charge in [0, 0.05) is 33.7 Å². The van der Waals surface area contributed by atoms with Gasteiger partial charge in [0.2, 0.25) is 0 Å². The average Bonchev–Trinajstić information content (AvgIpc) is 3.52. The predicted molar refractivity (Wildman–Crippen MR) is 185 cm³/mol. The summed E-state index contributed by atoms with van der Waals surface area (Å²) < 4.78 is 1.89. The van der Waals surface area contributed by atoms with Crippen molar-refractivity contribution in [3.8, 4) is 33.4 Å². The zero-order chi connectivity index (χ0) is 29.9. The maximum atomic E-state index is 14.8. The van der Waals surface area contributed by atoms with Crippen LogP contribution in [0.3, 0.4) is 0 Å². The number of nitrogens with zero attached hydrogens (tertiary/aromatic N) is 2. The Hall–Kier alpha value is -5.80. The number of benzene rings is 5. The van der Waals surface area contributed by atoms with Crippen LogP contribution in [-0.4, -0.2) is 9.38 Å². The molecular weight excluding hydrogens is 548 g/mol. The predicted octanol–water partition coefficient (Wildman–Crippen LogP) is 8.81. The molecule has 0 bridgehead atoms. The number of hydrogen-bond donors (Lipinski definition) is 0. The van der Waals surface area contributed by atoms with E-state index in [4.69, 9.17) is 4.98 Å². The van der Waals surface area contributed by atoms with Gasteiger partial charge >= 0.3 is 0 Å². The van der Waals surface area contributed by atoms with Crippen LogP contribution in [0.1, 0.15) is 28.5 Å². The first-order valence-electron chi connectivity index (χ1n) is 15.4. The summed E-state index contributed by atoms with van der Waals surface area (Å²) in [6.45, 7) is 0. The second kappa shape index (κ2) is 10.1. The van der Waals surface area contributed by atoms with E-state index in [1.165, 1.54) is 5.56 Å². The molecule has 0 N–H and O–H groups in total. The molecule has 0 radical (unpaired) electrons. The molecule has 45 heavy (non-hydrogen) atoms. The molecule has 0 saturated heterocycles. The van der Waals surface area contributed by atoms with Crippen LogP contribution < -0.4 is 10.8 Å². The maximum Gasteiger partial charge on any atom is 0.264 e. The van der Waals surface area contributed by atoms with E-state index in [9.17, 15) is 4.79 Å². The Balaban J connectivity index is 1.46. The van der Waals surface area contributed by atoms with E-state index in [2.05, 4.69) is 134 Å². The lowest BCUT2D eigenvalue weighted by Crippen LogP contribution is -2.33. The monoisotopic (exact) mass is 576 g/mol. The Kier molecular flexibility index (Phi) is 5.79. The summed E-state index contributed by atoms with van der Waals surface area (Å²) in [6, 6.07) is 44.1. The molecule has 2 unspecified atom stereocenters. The number of aromatic nitrogens is 2. The first kappa shape index (κ1) is 25.7. The number of fused-ring (bicyclic) bond motifs is 4. The number of imidazole rings is 1. The number of allylic oxidation sites excluding steroid dienone is 3. The van der Waals surface area contributed by atoms with Crippen molar-refractivity contribution in [1.29, 1.82) is 0 Å². The highest BCUT2D eigenvalue weighted by molar-refractivity contribution is 6.09. The Labute approximate surface area is 260 Å². The van der Waals surface area contributed by atoms with Crippen LogP contribution >= 0.6 is 0 Å². The zero-order valence-electron chi connectivity index (χ0n) is 24.5. The third kappa shape index (κ3) is 3.91. The molecule has 0 fully saturated rings. The minimum absolute atomic E-state index is 0.0240. The van der Waals surface area contributed by atoms with Crippen molar-refractivity contribution in [2.24, 2.45) is 0 Å². The Morgan fingerprint density at radius 3 is 1.89 bits per heavy atom. The molecule has 0 amide bonds. The van der Waals surface area contributed by atoms with Crippen molar-refractivity contribution in [1.82, 2.24) is 9.38 Å². The third-order valence-corrected chi connectivity index (χ3v) is 9.37. The van der Waals surface area contributed by atoms with E-state index in [1.54, 1.807) is 0 Å². The first-order chi connectivity index (χ1) is 22.3. The van der Waals surface area contributed by atoms with Crippen molar-refractivity contribution in [2.45, 2.75) is 11.8 Å². The molecule has 0 spiro atoms. The van der Waals surface area contributed by atoms with Gasteiger partial charge in [-0.05, 0) is 39.4 Å². The fourth-order valence-corrected chi connectivity index (χ4v) is 7.38. The molecule has 5 aromatic carbocycles. The largest absolute Gasteiger partial charge is 0.268 e. The molecule has 2 heterocycles. The fourth-order valence-electron chi connectivity index (χ4n) is 7.38. The standard InChI is InChI=1S/C42H28N2O/c45-42-34-25-24-31(27-14-5-1-6-15-27)32-22-13-23-33(38(32)34)41-43-39-36(29-18-9-3-10-19-29)26-35(28-16-7-2-8-17-28)37(40(39)44(41)42)30-20-11-4-12-21-30/h1-26,31-32H. The minimum atomic E-state index is -0.0240. The van der Waals surface area contributed by atoms with Gasteiger partial charge in [-0.1, -0.05) is 152 Å². The van der Waals surface area contributed by atoms with E-state index in [-0.39, 0.29) is 17.4 Å². The van der Waals surface area contributed by atoms with E-state index < -0.39 is 0 Å². The summed E-state index contributed by atoms with van der Waals surface area (Å²) in [5.41, 5.74) is 11.7. The molecule has 2 aliphatic rings. The molecule has 0 saturated carbocycles. The minimum Gasteiger partial charge on any atom is -0.268 e. The Bertz CT molecular complexity index is 2420. The lowest BCUT2D eigenvalue weighted by Gasteiger charge is -2.30. The van der Waals surface area contributed by atoms with Gasteiger partial charge in [-0.2, -0.15) is 0 Å². The quantitative estimate of drug-likeness (QED) is 0.210. The van der Waals surface area contributed by atoms with E-state index in [1.807, 2.05) is 28.7 Å². The highest BCUT2D eigenvalue weighted by Crippen LogP contribution is 2.44. The highest BCUT2D eigenvalue weighted by Gasteiger charge is 2.32. The summed E-state index contributed by atoms with van der Waals surface area (Å²) in [5.74, 6) is 0.213. The molecule has 9 rings (SSSR count). The normalized spacial score (nSPS) is 16.5. The van der Waals surface area contributed by atoms with E-state index in [0.717, 1.165) is 60.8 Å². The van der Waals surface area contributed by atoms with Crippen LogP contribution in [-0.2, 0) is 0 Å². The lowest BCUT2D eigenvalue weighted by atomic mass is 9.74. The molecule has 0 aliphatic heterocycles. The Morgan fingerprint density at radius 2 is 1.22 bits per heavy atom. The number of hydrogen-bond acceptors (Lipinski definition) is 2. The van der Waals surface area contributed by atoms with Gasteiger partial charge in [0.05, 0.1) is 11.0 Å². The molecular formula is C42H28N2O. The van der Waals surface area contributed by atoms with Gasteiger partial charge in [-0.3, -0.25) is 9.20 Å². The van der Waals surface area contributed by atoms with Gasteiger partial charge in [0.15, 0.2) is 0 Å². The van der Waals surface area contributed by atoms with Crippen LogP contribution in [0.5, 0.6) is 0 Å². The van der Waals surface area contributed by atoms with Crippen molar-refractivity contribution < 1.29 is 0 Å². The van der Waals surface area contributed by atoms with Gasteiger partial charge < -0.3 is 0 Å². The van der Waals surface area contributed by atoms with Gasteiger partial charge in [-0.15, -0.1) is 0 Å². The molecule has 3 heteroatoms. The molecule has 7 aromatic rings. The van der Waals surface area contributed by atoms with Gasteiger partial charge in [-0.25, -0.2) is 4.98 Å². The smallest absolute Gasteiger partial charge is 0.264 e. The molecule has 2 atom stereocenters. The molecule has 2 aliphatic carbocycles. The number of pyridine rings is 1. The lowest BCUT2D eigenvalue weighted by molar-refractivity contribution is 0.719. The van der Waals surface area contributed by atoms with Crippen LogP contribution in [0.2, 0.25) is 0 Å². The average molecular weight is 577 g/mol. The van der Waals surface area contributed by atoms with Crippen molar-refractivity contribution in [2.75, 3.05) is 0 Å². The first-order valence-corrected chi connectivity index (χ1v) is 15.4. The van der Waals surface area contributed by atoms with E-state index in [0.29, 0.717) is 5.65 Å². The number of rotatable bonds is 4. The molecule has 3 nitrogen and oxygen atoms in total.